The molecule has 1 aromatic carbocycles. The minimum atomic E-state index is 0.381. The van der Waals surface area contributed by atoms with E-state index in [0.29, 0.717) is 11.3 Å². The lowest BCUT2D eigenvalue weighted by molar-refractivity contribution is 0.0455. The molecule has 1 aliphatic heterocycles. The van der Waals surface area contributed by atoms with Gasteiger partial charge in [0.1, 0.15) is 5.75 Å². The van der Waals surface area contributed by atoms with Crippen LogP contribution in [-0.4, -0.2) is 32.1 Å². The standard InChI is InChI=1S/C15H23NO2S/c1-4-16-11(2)12-5-6-15(17-3)13(7-12)10-19-14-8-18-9-14/h5-7,11,14,16H,4,8-10H2,1-3H3. The van der Waals surface area contributed by atoms with Gasteiger partial charge in [0.15, 0.2) is 0 Å². The third-order valence-electron chi connectivity index (χ3n) is 3.40. The Morgan fingerprint density at radius 2 is 2.26 bits per heavy atom. The molecule has 0 aromatic heterocycles. The Bertz CT molecular complexity index is 407. The molecule has 1 fully saturated rings. The van der Waals surface area contributed by atoms with Gasteiger partial charge in [0.05, 0.1) is 25.6 Å². The fraction of sp³-hybridized carbons (Fsp3) is 0.600. The molecule has 0 saturated carbocycles. The largest absolute Gasteiger partial charge is 0.496 e. The highest BCUT2D eigenvalue weighted by Crippen LogP contribution is 2.30. The summed E-state index contributed by atoms with van der Waals surface area (Å²) in [6.45, 7) is 7.09. The molecule has 1 aliphatic rings. The molecule has 2 rings (SSSR count). The van der Waals surface area contributed by atoms with Gasteiger partial charge in [-0.15, -0.1) is 11.8 Å². The second kappa shape index (κ2) is 7.17. The maximum absolute atomic E-state index is 5.46. The van der Waals surface area contributed by atoms with Gasteiger partial charge in [-0.1, -0.05) is 13.0 Å². The first kappa shape index (κ1) is 14.7. The van der Waals surface area contributed by atoms with Crippen molar-refractivity contribution in [3.8, 4) is 5.75 Å². The minimum absolute atomic E-state index is 0.381. The van der Waals surface area contributed by atoms with Crippen molar-refractivity contribution >= 4 is 11.8 Å². The van der Waals surface area contributed by atoms with Crippen molar-refractivity contribution in [3.63, 3.8) is 0 Å². The molecule has 4 heteroatoms. The number of methoxy groups -OCH3 is 1. The van der Waals surface area contributed by atoms with Crippen LogP contribution in [0, 0.1) is 0 Å². The van der Waals surface area contributed by atoms with Crippen LogP contribution < -0.4 is 10.1 Å². The molecule has 106 valence electrons. The quantitative estimate of drug-likeness (QED) is 0.832. The van der Waals surface area contributed by atoms with Gasteiger partial charge in [-0.3, -0.25) is 0 Å². The highest BCUT2D eigenvalue weighted by Gasteiger charge is 2.19. The zero-order valence-electron chi connectivity index (χ0n) is 11.9. The predicted octanol–water partition coefficient (Wildman–Crippen LogP) is 3.00. The maximum Gasteiger partial charge on any atom is 0.122 e. The molecule has 19 heavy (non-hydrogen) atoms. The monoisotopic (exact) mass is 281 g/mol. The normalized spacial score (nSPS) is 17.0. The molecular formula is C15H23NO2S. The average molecular weight is 281 g/mol. The Labute approximate surface area is 120 Å². The first-order valence-corrected chi connectivity index (χ1v) is 7.89. The lowest BCUT2D eigenvalue weighted by Crippen LogP contribution is -2.30. The highest BCUT2D eigenvalue weighted by molar-refractivity contribution is 7.99. The van der Waals surface area contributed by atoms with Gasteiger partial charge in [-0.25, -0.2) is 0 Å². The number of hydrogen-bond donors (Lipinski definition) is 1. The Morgan fingerprint density at radius 3 is 2.84 bits per heavy atom. The minimum Gasteiger partial charge on any atom is -0.496 e. The van der Waals surface area contributed by atoms with E-state index in [1.165, 1.54) is 11.1 Å². The second-order valence-electron chi connectivity index (χ2n) is 4.82. The van der Waals surface area contributed by atoms with Crippen molar-refractivity contribution in [2.75, 3.05) is 26.9 Å². The second-order valence-corrected chi connectivity index (χ2v) is 6.11. The Kier molecular flexibility index (Phi) is 5.55. The molecular weight excluding hydrogens is 258 g/mol. The van der Waals surface area contributed by atoms with E-state index >= 15 is 0 Å². The molecule has 3 nitrogen and oxygen atoms in total. The molecule has 0 amide bonds. The highest BCUT2D eigenvalue weighted by atomic mass is 32.2. The molecule has 1 atom stereocenters. The van der Waals surface area contributed by atoms with Crippen LogP contribution in [0.25, 0.3) is 0 Å². The Balaban J connectivity index is 2.06. The van der Waals surface area contributed by atoms with Crippen LogP contribution in [0.2, 0.25) is 0 Å². The van der Waals surface area contributed by atoms with Crippen LogP contribution in [0.3, 0.4) is 0 Å². The lowest BCUT2D eigenvalue weighted by atomic mass is 10.0. The molecule has 1 aromatic rings. The molecule has 0 radical (unpaired) electrons. The number of hydrogen-bond acceptors (Lipinski definition) is 4. The summed E-state index contributed by atoms with van der Waals surface area (Å²) in [7, 11) is 1.74. The zero-order valence-corrected chi connectivity index (χ0v) is 12.8. The van der Waals surface area contributed by atoms with E-state index in [-0.39, 0.29) is 0 Å². The van der Waals surface area contributed by atoms with Gasteiger partial charge < -0.3 is 14.8 Å². The third-order valence-corrected chi connectivity index (χ3v) is 4.62. The number of rotatable bonds is 7. The van der Waals surface area contributed by atoms with Crippen molar-refractivity contribution < 1.29 is 9.47 Å². The predicted molar refractivity (Wildman–Crippen MR) is 81.0 cm³/mol. The van der Waals surface area contributed by atoms with E-state index in [1.54, 1.807) is 7.11 Å². The summed E-state index contributed by atoms with van der Waals surface area (Å²) in [5.74, 6) is 1.98. The average Bonchev–Trinajstić information content (AvgIpc) is 2.37. The van der Waals surface area contributed by atoms with Crippen molar-refractivity contribution in [3.05, 3.63) is 29.3 Å². The van der Waals surface area contributed by atoms with Crippen LogP contribution in [0.15, 0.2) is 18.2 Å². The van der Waals surface area contributed by atoms with Crippen LogP contribution >= 0.6 is 11.8 Å². The molecule has 1 saturated heterocycles. The summed E-state index contributed by atoms with van der Waals surface area (Å²) in [5.41, 5.74) is 2.60. The number of nitrogens with one attached hydrogen (secondary N) is 1. The SMILES string of the molecule is CCNC(C)c1ccc(OC)c(CSC2COC2)c1. The first-order chi connectivity index (χ1) is 9.24. The summed E-state index contributed by atoms with van der Waals surface area (Å²) in [5, 5.41) is 4.10. The first-order valence-electron chi connectivity index (χ1n) is 6.84. The third kappa shape index (κ3) is 3.88. The maximum atomic E-state index is 5.46. The van der Waals surface area contributed by atoms with Crippen molar-refractivity contribution in [1.82, 2.24) is 5.32 Å². The fourth-order valence-electron chi connectivity index (χ4n) is 2.12. The van der Waals surface area contributed by atoms with Crippen LogP contribution in [0.5, 0.6) is 5.75 Å². The van der Waals surface area contributed by atoms with Gasteiger partial charge in [-0.05, 0) is 31.2 Å². The van der Waals surface area contributed by atoms with E-state index in [0.717, 1.165) is 31.3 Å². The molecule has 1 heterocycles. The Hall–Kier alpha value is -0.710. The summed E-state index contributed by atoms with van der Waals surface area (Å²) >= 11 is 1.95. The van der Waals surface area contributed by atoms with E-state index in [2.05, 4.69) is 37.4 Å². The van der Waals surface area contributed by atoms with Gasteiger partial charge in [0.25, 0.3) is 0 Å². The molecule has 1 unspecified atom stereocenters. The number of thioether (sulfide) groups is 1. The van der Waals surface area contributed by atoms with Crippen LogP contribution in [0.1, 0.15) is 31.0 Å². The number of benzene rings is 1. The molecule has 0 bridgehead atoms. The zero-order chi connectivity index (χ0) is 13.7. The topological polar surface area (TPSA) is 30.5 Å². The summed E-state index contributed by atoms with van der Waals surface area (Å²) in [6, 6.07) is 6.87. The number of ether oxygens (including phenoxy) is 2. The summed E-state index contributed by atoms with van der Waals surface area (Å²) in [6.07, 6.45) is 0. The lowest BCUT2D eigenvalue weighted by Gasteiger charge is -2.25. The Morgan fingerprint density at radius 1 is 1.47 bits per heavy atom. The van der Waals surface area contributed by atoms with Crippen molar-refractivity contribution in [2.45, 2.75) is 30.9 Å². The van der Waals surface area contributed by atoms with Crippen LogP contribution in [-0.2, 0) is 10.5 Å². The fourth-order valence-corrected chi connectivity index (χ4v) is 3.15. The van der Waals surface area contributed by atoms with Crippen LogP contribution in [0.4, 0.5) is 0 Å². The van der Waals surface area contributed by atoms with E-state index in [4.69, 9.17) is 9.47 Å². The van der Waals surface area contributed by atoms with Crippen molar-refractivity contribution in [1.29, 1.82) is 0 Å². The van der Waals surface area contributed by atoms with Gasteiger partial charge in [0.2, 0.25) is 0 Å². The molecule has 1 N–H and O–H groups in total. The van der Waals surface area contributed by atoms with Gasteiger partial charge >= 0.3 is 0 Å². The summed E-state index contributed by atoms with van der Waals surface area (Å²) < 4.78 is 10.7. The molecule has 0 spiro atoms. The van der Waals surface area contributed by atoms with Gasteiger partial charge in [0, 0.05) is 17.4 Å². The van der Waals surface area contributed by atoms with Gasteiger partial charge in [-0.2, -0.15) is 0 Å². The summed E-state index contributed by atoms with van der Waals surface area (Å²) in [4.78, 5) is 0. The molecule has 0 aliphatic carbocycles. The van der Waals surface area contributed by atoms with E-state index in [9.17, 15) is 0 Å². The van der Waals surface area contributed by atoms with E-state index in [1.807, 2.05) is 11.8 Å². The van der Waals surface area contributed by atoms with E-state index < -0.39 is 0 Å². The van der Waals surface area contributed by atoms with Crippen molar-refractivity contribution in [2.24, 2.45) is 0 Å². The smallest absolute Gasteiger partial charge is 0.122 e.